The van der Waals surface area contributed by atoms with E-state index in [2.05, 4.69) is 23.6 Å². The average Bonchev–Trinajstić information content (AvgIpc) is 3.11. The van der Waals surface area contributed by atoms with Crippen LogP contribution in [-0.2, 0) is 4.79 Å². The molecule has 4 saturated carbocycles. The summed E-state index contributed by atoms with van der Waals surface area (Å²) in [5.74, 6) is 3.10. The van der Waals surface area contributed by atoms with Gasteiger partial charge in [-0.15, -0.1) is 0 Å². The summed E-state index contributed by atoms with van der Waals surface area (Å²) in [7, 11) is 0. The summed E-state index contributed by atoms with van der Waals surface area (Å²) in [6.45, 7) is 9.01. The molecule has 2 N–H and O–H groups in total. The van der Waals surface area contributed by atoms with Crippen molar-refractivity contribution < 1.29 is 15.0 Å². The van der Waals surface area contributed by atoms with Gasteiger partial charge in [0.05, 0.1) is 12.2 Å². The largest absolute Gasteiger partial charge is 0.391 e. The number of carbonyl (C=O) groups is 1. The molecule has 2 aliphatic heterocycles. The summed E-state index contributed by atoms with van der Waals surface area (Å²) in [5, 5.41) is 22.8. The minimum absolute atomic E-state index is 0.0767. The lowest BCUT2D eigenvalue weighted by atomic mass is 9.44. The zero-order valence-electron chi connectivity index (χ0n) is 21.6. The lowest BCUT2D eigenvalue weighted by Gasteiger charge is -2.62. The Balaban J connectivity index is 1.23. The van der Waals surface area contributed by atoms with E-state index in [0.29, 0.717) is 36.5 Å². The third-order valence-corrected chi connectivity index (χ3v) is 12.3. The summed E-state index contributed by atoms with van der Waals surface area (Å²) in [6, 6.07) is 0.586. The number of hydrogen-bond donors (Lipinski definition) is 2. The third-order valence-electron chi connectivity index (χ3n) is 12.3. The number of rotatable bonds is 2. The van der Waals surface area contributed by atoms with Gasteiger partial charge in [0.25, 0.3) is 0 Å². The summed E-state index contributed by atoms with van der Waals surface area (Å²) >= 11 is 0. The number of aliphatic hydroxyl groups excluding tert-OH is 2. The van der Waals surface area contributed by atoms with Crippen LogP contribution >= 0.6 is 0 Å². The van der Waals surface area contributed by atoms with Gasteiger partial charge in [0.15, 0.2) is 0 Å². The number of nitrogens with zero attached hydrogens (tertiary/aromatic N) is 2. The number of likely N-dealkylation sites (tertiary alicyclic amines) is 2. The molecule has 34 heavy (non-hydrogen) atoms. The molecule has 2 heterocycles. The molecule has 0 bridgehead atoms. The van der Waals surface area contributed by atoms with Gasteiger partial charge in [-0.1, -0.05) is 20.3 Å². The summed E-state index contributed by atoms with van der Waals surface area (Å²) < 4.78 is 0. The Bertz CT molecular complexity index is 773. The van der Waals surface area contributed by atoms with Crippen molar-refractivity contribution in [3.8, 4) is 0 Å². The lowest BCUT2D eigenvalue weighted by Crippen LogP contribution is -2.60. The number of Topliss-reactive ketones (excluding diaryl/α,β-unsaturated/α-hetero) is 1. The Kier molecular flexibility index (Phi) is 6.19. The summed E-state index contributed by atoms with van der Waals surface area (Å²) in [6.07, 6.45) is 13.0. The average molecular weight is 473 g/mol. The number of ketones is 1. The maximum absolute atomic E-state index is 11.8. The van der Waals surface area contributed by atoms with Crippen LogP contribution < -0.4 is 0 Å². The first-order chi connectivity index (χ1) is 16.3. The molecule has 0 aromatic carbocycles. The second kappa shape index (κ2) is 8.82. The molecule has 0 spiro atoms. The number of piperidine rings is 2. The highest BCUT2D eigenvalue weighted by Crippen LogP contribution is 2.66. The molecule has 6 aliphatic rings. The molecule has 6 fully saturated rings. The van der Waals surface area contributed by atoms with Crippen LogP contribution in [0.25, 0.3) is 0 Å². The SMILES string of the molecule is C[C@]12CC(N3CCC(=O)CC3)C(O)CC1CC[C@@H]1[C@H]2CC[C@]2(C)C(O)C(N3CCCCC3)C[C@@H]12. The minimum atomic E-state index is -0.242. The van der Waals surface area contributed by atoms with E-state index in [1.165, 1.54) is 58.0 Å². The molecule has 192 valence electrons. The summed E-state index contributed by atoms with van der Waals surface area (Å²) in [5.41, 5.74) is 0.358. The predicted octanol–water partition coefficient (Wildman–Crippen LogP) is 3.86. The van der Waals surface area contributed by atoms with E-state index in [4.69, 9.17) is 0 Å². The molecule has 0 radical (unpaired) electrons. The van der Waals surface area contributed by atoms with Crippen LogP contribution in [0.15, 0.2) is 0 Å². The molecular formula is C29H48N2O3. The zero-order valence-corrected chi connectivity index (χ0v) is 21.6. The van der Waals surface area contributed by atoms with Crippen LogP contribution in [0.3, 0.4) is 0 Å². The van der Waals surface area contributed by atoms with Crippen LogP contribution in [0.2, 0.25) is 0 Å². The molecule has 5 unspecified atom stereocenters. The van der Waals surface area contributed by atoms with Gasteiger partial charge in [0.1, 0.15) is 5.78 Å². The quantitative estimate of drug-likeness (QED) is 0.639. The molecule has 4 aliphatic carbocycles. The number of carbonyl (C=O) groups excluding carboxylic acids is 1. The van der Waals surface area contributed by atoms with Gasteiger partial charge < -0.3 is 10.2 Å². The van der Waals surface area contributed by atoms with Crippen molar-refractivity contribution in [2.24, 2.45) is 34.5 Å². The minimum Gasteiger partial charge on any atom is -0.391 e. The smallest absolute Gasteiger partial charge is 0.135 e. The van der Waals surface area contributed by atoms with Gasteiger partial charge in [-0.25, -0.2) is 0 Å². The van der Waals surface area contributed by atoms with Crippen LogP contribution in [-0.4, -0.2) is 76.3 Å². The van der Waals surface area contributed by atoms with Gasteiger partial charge in [0.2, 0.25) is 0 Å². The second-order valence-corrected chi connectivity index (χ2v) is 13.7. The van der Waals surface area contributed by atoms with Crippen molar-refractivity contribution in [3.05, 3.63) is 0 Å². The van der Waals surface area contributed by atoms with Crippen molar-refractivity contribution in [1.82, 2.24) is 9.80 Å². The van der Waals surface area contributed by atoms with Crippen LogP contribution in [0.5, 0.6) is 0 Å². The second-order valence-electron chi connectivity index (χ2n) is 13.7. The fourth-order valence-electron chi connectivity index (χ4n) is 10.3. The lowest BCUT2D eigenvalue weighted by molar-refractivity contribution is -0.156. The molecule has 10 atom stereocenters. The summed E-state index contributed by atoms with van der Waals surface area (Å²) in [4.78, 5) is 16.9. The highest BCUT2D eigenvalue weighted by molar-refractivity contribution is 5.79. The molecule has 0 aromatic heterocycles. The normalized spacial score (nSPS) is 52.6. The van der Waals surface area contributed by atoms with E-state index in [9.17, 15) is 15.0 Å². The number of aliphatic hydroxyl groups is 2. The Morgan fingerprint density at radius 2 is 1.50 bits per heavy atom. The standard InChI is InChI=1S/C29H48N2O3/c1-28-11-8-22-21(23(28)17-24(27(28)34)30-12-4-3-5-13-30)7-6-19-16-26(33)25(18-29(19,22)2)31-14-9-20(32)10-15-31/h19,21-27,33-34H,3-18H2,1-2H3/t19?,21-,22-,23+,24?,25?,26?,27?,28+,29+/m1/s1. The first-order valence-corrected chi connectivity index (χ1v) is 14.7. The molecule has 0 aromatic rings. The number of hydrogen-bond acceptors (Lipinski definition) is 5. The van der Waals surface area contributed by atoms with Gasteiger partial charge in [-0.3, -0.25) is 14.6 Å². The molecule has 6 rings (SSSR count). The first kappa shape index (κ1) is 23.9. The molecule has 2 saturated heterocycles. The maximum atomic E-state index is 11.8. The fourth-order valence-corrected chi connectivity index (χ4v) is 10.3. The highest BCUT2D eigenvalue weighted by Gasteiger charge is 2.63. The Morgan fingerprint density at radius 1 is 0.794 bits per heavy atom. The maximum Gasteiger partial charge on any atom is 0.135 e. The van der Waals surface area contributed by atoms with Gasteiger partial charge >= 0.3 is 0 Å². The third kappa shape index (κ3) is 3.66. The van der Waals surface area contributed by atoms with Crippen molar-refractivity contribution >= 4 is 5.78 Å². The van der Waals surface area contributed by atoms with E-state index in [1.807, 2.05) is 0 Å². The Labute approximate surface area is 206 Å². The van der Waals surface area contributed by atoms with Crippen LogP contribution in [0.4, 0.5) is 0 Å². The van der Waals surface area contributed by atoms with E-state index in [-0.39, 0.29) is 29.1 Å². The predicted molar refractivity (Wildman–Crippen MR) is 133 cm³/mol. The molecule has 5 nitrogen and oxygen atoms in total. The zero-order chi connectivity index (χ0) is 23.7. The Morgan fingerprint density at radius 3 is 2.24 bits per heavy atom. The molecule has 5 heteroatoms. The van der Waals surface area contributed by atoms with Crippen molar-refractivity contribution in [2.75, 3.05) is 26.2 Å². The fraction of sp³-hybridized carbons (Fsp3) is 0.966. The molecular weight excluding hydrogens is 424 g/mol. The number of fused-ring (bicyclic) bond motifs is 5. The van der Waals surface area contributed by atoms with Crippen molar-refractivity contribution in [1.29, 1.82) is 0 Å². The first-order valence-electron chi connectivity index (χ1n) is 14.7. The van der Waals surface area contributed by atoms with Crippen LogP contribution in [0.1, 0.15) is 90.9 Å². The van der Waals surface area contributed by atoms with Crippen molar-refractivity contribution in [2.45, 2.75) is 115 Å². The van der Waals surface area contributed by atoms with E-state index in [1.54, 1.807) is 0 Å². The van der Waals surface area contributed by atoms with Crippen molar-refractivity contribution in [3.63, 3.8) is 0 Å². The monoisotopic (exact) mass is 472 g/mol. The molecule has 0 amide bonds. The van der Waals surface area contributed by atoms with E-state index >= 15 is 0 Å². The van der Waals surface area contributed by atoms with Gasteiger partial charge in [0, 0.05) is 38.0 Å². The Hall–Kier alpha value is -0.490. The van der Waals surface area contributed by atoms with Gasteiger partial charge in [-0.2, -0.15) is 0 Å². The van der Waals surface area contributed by atoms with E-state index < -0.39 is 0 Å². The van der Waals surface area contributed by atoms with E-state index in [0.717, 1.165) is 44.2 Å². The van der Waals surface area contributed by atoms with Gasteiger partial charge in [-0.05, 0) is 105 Å². The highest BCUT2D eigenvalue weighted by atomic mass is 16.3. The topological polar surface area (TPSA) is 64.0 Å². The van der Waals surface area contributed by atoms with Crippen LogP contribution in [0, 0.1) is 34.5 Å².